The summed E-state index contributed by atoms with van der Waals surface area (Å²) in [6.45, 7) is 1.76. The maximum Gasteiger partial charge on any atom is 0.225 e. The number of nitrogens with one attached hydrogen (secondary N) is 1. The third-order valence-electron chi connectivity index (χ3n) is 4.14. The van der Waals surface area contributed by atoms with Crippen LogP contribution in [0.15, 0.2) is 57.9 Å². The molecule has 0 saturated heterocycles. The zero-order chi connectivity index (χ0) is 21.0. The van der Waals surface area contributed by atoms with Gasteiger partial charge in [0, 0.05) is 23.7 Å². The molecule has 9 heteroatoms. The van der Waals surface area contributed by atoms with E-state index in [1.165, 1.54) is 43.5 Å². The van der Waals surface area contributed by atoms with Crippen LogP contribution < -0.4 is 10.1 Å². The monoisotopic (exact) mass is 418 g/mol. The van der Waals surface area contributed by atoms with Gasteiger partial charge < -0.3 is 14.6 Å². The molecule has 1 heterocycles. The van der Waals surface area contributed by atoms with E-state index < -0.39 is 27.3 Å². The molecule has 0 radical (unpaired) electrons. The number of amides is 1. The Morgan fingerprint density at radius 1 is 1.17 bits per heavy atom. The van der Waals surface area contributed by atoms with Crippen molar-refractivity contribution in [3.05, 3.63) is 60.0 Å². The number of hydrogen-bond donors (Lipinski definition) is 1. The molecule has 7 nitrogen and oxygen atoms in total. The molecule has 0 unspecified atom stereocenters. The fourth-order valence-corrected chi connectivity index (χ4v) is 4.10. The zero-order valence-corrected chi connectivity index (χ0v) is 16.6. The van der Waals surface area contributed by atoms with Crippen LogP contribution in [0.3, 0.4) is 0 Å². The number of carbonyl (C=O) groups is 1. The van der Waals surface area contributed by atoms with Crippen molar-refractivity contribution in [3.8, 4) is 17.1 Å². The van der Waals surface area contributed by atoms with Gasteiger partial charge in [-0.05, 0) is 49.4 Å². The minimum atomic E-state index is -3.83. The van der Waals surface area contributed by atoms with Gasteiger partial charge in [0.15, 0.2) is 15.6 Å². The van der Waals surface area contributed by atoms with E-state index in [0.717, 1.165) is 0 Å². The number of methoxy groups -OCH3 is 1. The molecule has 0 aliphatic heterocycles. The lowest BCUT2D eigenvalue weighted by molar-refractivity contribution is -0.115. The number of rotatable bonds is 7. The molecule has 2 aromatic carbocycles. The normalized spacial score (nSPS) is 11.3. The molecule has 1 aromatic heterocycles. The topological polar surface area (TPSA) is 98.5 Å². The Balaban J connectivity index is 1.77. The minimum absolute atomic E-state index is 0.0406. The van der Waals surface area contributed by atoms with Crippen molar-refractivity contribution in [3.63, 3.8) is 0 Å². The van der Waals surface area contributed by atoms with Crippen molar-refractivity contribution >= 4 is 21.4 Å². The fraction of sp³-hybridized carbons (Fsp3) is 0.200. The SMILES string of the molecule is COc1ccc(-c2cc(C)no2)cc1S(=O)(=O)CCC(=O)Nc1ccc(F)cc1. The first kappa shape index (κ1) is 20.5. The number of hydrogen-bond acceptors (Lipinski definition) is 6. The van der Waals surface area contributed by atoms with Crippen molar-refractivity contribution in [1.82, 2.24) is 5.16 Å². The van der Waals surface area contributed by atoms with Crippen LogP contribution in [-0.4, -0.2) is 32.3 Å². The summed E-state index contributed by atoms with van der Waals surface area (Å²) in [6, 6.07) is 11.5. The number of sulfone groups is 1. The van der Waals surface area contributed by atoms with Crippen molar-refractivity contribution in [2.75, 3.05) is 18.2 Å². The molecule has 0 bridgehead atoms. The summed E-state index contributed by atoms with van der Waals surface area (Å²) >= 11 is 0. The second kappa shape index (κ2) is 8.44. The van der Waals surface area contributed by atoms with Crippen molar-refractivity contribution in [1.29, 1.82) is 0 Å². The van der Waals surface area contributed by atoms with Crippen LogP contribution in [0.1, 0.15) is 12.1 Å². The third-order valence-corrected chi connectivity index (χ3v) is 5.87. The van der Waals surface area contributed by atoms with Gasteiger partial charge >= 0.3 is 0 Å². The van der Waals surface area contributed by atoms with Crippen LogP contribution >= 0.6 is 0 Å². The summed E-state index contributed by atoms with van der Waals surface area (Å²) in [7, 11) is -2.46. The molecule has 0 aliphatic rings. The lowest BCUT2D eigenvalue weighted by Gasteiger charge is -2.11. The van der Waals surface area contributed by atoms with Gasteiger partial charge in [-0.2, -0.15) is 0 Å². The van der Waals surface area contributed by atoms with Gasteiger partial charge in [-0.25, -0.2) is 12.8 Å². The molecule has 3 rings (SSSR count). The first-order valence-electron chi connectivity index (χ1n) is 8.68. The maximum absolute atomic E-state index is 12.9. The first-order chi connectivity index (χ1) is 13.8. The summed E-state index contributed by atoms with van der Waals surface area (Å²) < 4.78 is 49.0. The van der Waals surface area contributed by atoms with Gasteiger partial charge in [0.1, 0.15) is 16.5 Å². The number of ether oxygens (including phenoxy) is 1. The van der Waals surface area contributed by atoms with Crippen molar-refractivity contribution in [2.45, 2.75) is 18.2 Å². The zero-order valence-electron chi connectivity index (χ0n) is 15.8. The highest BCUT2D eigenvalue weighted by atomic mass is 32.2. The molecule has 29 heavy (non-hydrogen) atoms. The Hall–Kier alpha value is -3.20. The lowest BCUT2D eigenvalue weighted by atomic mass is 10.1. The van der Waals surface area contributed by atoms with Crippen LogP contribution in [0.4, 0.5) is 10.1 Å². The Labute approximate surface area is 167 Å². The highest BCUT2D eigenvalue weighted by Crippen LogP contribution is 2.31. The Kier molecular flexibility index (Phi) is 5.97. The van der Waals surface area contributed by atoms with Crippen molar-refractivity contribution < 1.29 is 26.9 Å². The standard InChI is InChI=1S/C20H19FN2O5S/c1-13-11-18(28-23-13)14-3-8-17(27-2)19(12-14)29(25,26)10-9-20(24)22-16-6-4-15(21)5-7-16/h3-8,11-12H,9-10H2,1-2H3,(H,22,24). The molecule has 0 aliphatic carbocycles. The van der Waals surface area contributed by atoms with E-state index in [1.807, 2.05) is 0 Å². The first-order valence-corrected chi connectivity index (χ1v) is 10.3. The quantitative estimate of drug-likeness (QED) is 0.630. The largest absolute Gasteiger partial charge is 0.495 e. The van der Waals surface area contributed by atoms with Crippen LogP contribution in [0.5, 0.6) is 5.75 Å². The molecular formula is C20H19FN2O5S. The Bertz CT molecular complexity index is 1120. The van der Waals surface area contributed by atoms with Gasteiger partial charge in [0.05, 0.1) is 18.6 Å². The van der Waals surface area contributed by atoms with Crippen LogP contribution in [0, 0.1) is 12.7 Å². The average molecular weight is 418 g/mol. The van der Waals surface area contributed by atoms with Gasteiger partial charge in [-0.15, -0.1) is 0 Å². The summed E-state index contributed by atoms with van der Waals surface area (Å²) in [5.74, 6) is -0.754. The van der Waals surface area contributed by atoms with E-state index in [0.29, 0.717) is 22.7 Å². The van der Waals surface area contributed by atoms with Crippen LogP contribution in [-0.2, 0) is 14.6 Å². The minimum Gasteiger partial charge on any atom is -0.495 e. The molecule has 1 amide bonds. The number of halogens is 1. The maximum atomic E-state index is 12.9. The van der Waals surface area contributed by atoms with Gasteiger partial charge in [0.2, 0.25) is 5.91 Å². The number of benzene rings is 2. The summed E-state index contributed by atoms with van der Waals surface area (Å²) in [5.41, 5.74) is 1.58. The van der Waals surface area contributed by atoms with E-state index in [4.69, 9.17) is 9.26 Å². The molecule has 0 spiro atoms. The van der Waals surface area contributed by atoms with Crippen molar-refractivity contribution in [2.24, 2.45) is 0 Å². The van der Waals surface area contributed by atoms with E-state index in [2.05, 4.69) is 10.5 Å². The van der Waals surface area contributed by atoms with Crippen LogP contribution in [0.25, 0.3) is 11.3 Å². The summed E-state index contributed by atoms with van der Waals surface area (Å²) in [5, 5.41) is 6.34. The predicted octanol–water partition coefficient (Wildman–Crippen LogP) is 3.60. The molecule has 0 atom stereocenters. The molecule has 152 valence electrons. The third kappa shape index (κ3) is 5.00. The average Bonchev–Trinajstić information content (AvgIpc) is 3.14. The molecule has 3 aromatic rings. The summed E-state index contributed by atoms with van der Waals surface area (Å²) in [4.78, 5) is 12.1. The van der Waals surface area contributed by atoms with E-state index >= 15 is 0 Å². The number of aryl methyl sites for hydroxylation is 1. The van der Waals surface area contributed by atoms with Gasteiger partial charge in [-0.3, -0.25) is 4.79 Å². The highest BCUT2D eigenvalue weighted by Gasteiger charge is 2.22. The highest BCUT2D eigenvalue weighted by molar-refractivity contribution is 7.91. The Morgan fingerprint density at radius 3 is 2.52 bits per heavy atom. The van der Waals surface area contributed by atoms with E-state index in [9.17, 15) is 17.6 Å². The molecular weight excluding hydrogens is 399 g/mol. The number of carbonyl (C=O) groups excluding carboxylic acids is 1. The summed E-state index contributed by atoms with van der Waals surface area (Å²) in [6.07, 6.45) is -0.269. The molecule has 1 N–H and O–H groups in total. The smallest absolute Gasteiger partial charge is 0.225 e. The van der Waals surface area contributed by atoms with Gasteiger partial charge in [-0.1, -0.05) is 5.16 Å². The molecule has 0 saturated carbocycles. The second-order valence-corrected chi connectivity index (χ2v) is 8.40. The second-order valence-electron chi connectivity index (χ2n) is 6.32. The van der Waals surface area contributed by atoms with Crippen LogP contribution in [0.2, 0.25) is 0 Å². The number of anilines is 1. The van der Waals surface area contributed by atoms with E-state index in [1.54, 1.807) is 19.1 Å². The van der Waals surface area contributed by atoms with E-state index in [-0.39, 0.29) is 17.1 Å². The fourth-order valence-electron chi connectivity index (χ4n) is 2.67. The predicted molar refractivity (Wildman–Crippen MR) is 105 cm³/mol. The number of aromatic nitrogens is 1. The lowest BCUT2D eigenvalue weighted by Crippen LogP contribution is -2.18. The Morgan fingerprint density at radius 2 is 1.90 bits per heavy atom. The number of nitrogens with zero attached hydrogens (tertiary/aromatic N) is 1. The van der Waals surface area contributed by atoms with Gasteiger partial charge in [0.25, 0.3) is 0 Å². The molecule has 0 fully saturated rings.